The summed E-state index contributed by atoms with van der Waals surface area (Å²) in [5.74, 6) is -1.56. The summed E-state index contributed by atoms with van der Waals surface area (Å²) in [5.41, 5.74) is -0.0828. The molecule has 2 aromatic rings. The van der Waals surface area contributed by atoms with Crippen LogP contribution in [0.5, 0.6) is 0 Å². The van der Waals surface area contributed by atoms with Gasteiger partial charge in [0.25, 0.3) is 5.69 Å². The Morgan fingerprint density at radius 2 is 2.08 bits per heavy atom. The molecule has 0 aliphatic carbocycles. The van der Waals surface area contributed by atoms with Crippen LogP contribution in [0.3, 0.4) is 0 Å². The van der Waals surface area contributed by atoms with Gasteiger partial charge in [-0.15, -0.1) is 0 Å². The van der Waals surface area contributed by atoms with E-state index >= 15 is 0 Å². The van der Waals surface area contributed by atoms with E-state index in [1.165, 1.54) is 25.1 Å². The quantitative estimate of drug-likeness (QED) is 0.319. The third-order valence-electron chi connectivity index (χ3n) is 2.55. The van der Waals surface area contributed by atoms with E-state index < -0.39 is 21.8 Å². The highest BCUT2D eigenvalue weighted by atomic mass is 16.7. The molecule has 13 heteroatoms. The number of oxime groups is 1. The second-order valence-corrected chi connectivity index (χ2v) is 4.39. The molecule has 0 amide bonds. The van der Waals surface area contributed by atoms with Crippen molar-refractivity contribution in [2.45, 2.75) is 13.5 Å². The van der Waals surface area contributed by atoms with Crippen LogP contribution in [0, 0.1) is 20.2 Å². The summed E-state index contributed by atoms with van der Waals surface area (Å²) in [7, 11) is 0. The third-order valence-corrected chi connectivity index (χ3v) is 2.55. The lowest BCUT2D eigenvalue weighted by molar-refractivity contribution is -0.394. The van der Waals surface area contributed by atoms with Crippen molar-refractivity contribution in [3.05, 3.63) is 50.1 Å². The molecule has 24 heavy (non-hydrogen) atoms. The van der Waals surface area contributed by atoms with Crippen molar-refractivity contribution in [3.8, 4) is 0 Å². The number of aromatic nitrogens is 4. The first-order valence-corrected chi connectivity index (χ1v) is 6.28. The number of rotatable bonds is 6. The first kappa shape index (κ1) is 16.6. The predicted octanol–water partition coefficient (Wildman–Crippen LogP) is 0.722. The zero-order valence-electron chi connectivity index (χ0n) is 12.1. The van der Waals surface area contributed by atoms with Gasteiger partial charge in [0.15, 0.2) is 0 Å². The third kappa shape index (κ3) is 4.12. The molecule has 0 N–H and O–H groups in total. The highest BCUT2D eigenvalue weighted by molar-refractivity contribution is 5.91. The number of nitrogens with zero attached hydrogens (tertiary/aromatic N) is 7. The molecular formula is C11H9N7O6. The Morgan fingerprint density at radius 1 is 1.33 bits per heavy atom. The molecule has 0 saturated heterocycles. The van der Waals surface area contributed by atoms with Crippen LogP contribution >= 0.6 is 0 Å². The zero-order chi connectivity index (χ0) is 17.7. The van der Waals surface area contributed by atoms with Crippen LogP contribution in [0.15, 0.2) is 29.4 Å². The average molecular weight is 335 g/mol. The van der Waals surface area contributed by atoms with Gasteiger partial charge in [-0.05, 0) is 17.9 Å². The van der Waals surface area contributed by atoms with Crippen LogP contribution in [-0.2, 0) is 11.4 Å². The van der Waals surface area contributed by atoms with Crippen LogP contribution in [0.1, 0.15) is 17.3 Å². The fourth-order valence-electron chi connectivity index (χ4n) is 1.53. The topological polar surface area (TPSA) is 169 Å². The number of non-ortho nitro benzene ring substituents is 1. The number of hydrogen-bond donors (Lipinski definition) is 0. The first-order valence-electron chi connectivity index (χ1n) is 6.28. The number of carbonyl (C=O) groups excluding carboxylic acids is 1. The lowest BCUT2D eigenvalue weighted by Crippen LogP contribution is -2.12. The maximum Gasteiger partial charge on any atom is 0.514 e. The maximum absolute atomic E-state index is 11.8. The maximum atomic E-state index is 11.8. The summed E-state index contributed by atoms with van der Waals surface area (Å²) in [5, 5.41) is 34.7. The van der Waals surface area contributed by atoms with Crippen LogP contribution in [0.2, 0.25) is 0 Å². The Labute approximate surface area is 132 Å². The van der Waals surface area contributed by atoms with Gasteiger partial charge >= 0.3 is 11.9 Å². The lowest BCUT2D eigenvalue weighted by atomic mass is 10.2. The van der Waals surface area contributed by atoms with Gasteiger partial charge in [0.2, 0.25) is 0 Å². The smallest absolute Gasteiger partial charge is 0.390 e. The molecule has 0 spiro atoms. The minimum Gasteiger partial charge on any atom is -0.390 e. The van der Waals surface area contributed by atoms with Gasteiger partial charge in [0, 0.05) is 17.3 Å². The molecule has 1 aromatic carbocycles. The van der Waals surface area contributed by atoms with Gasteiger partial charge in [0.05, 0.1) is 26.4 Å². The Morgan fingerprint density at radius 3 is 2.71 bits per heavy atom. The first-order chi connectivity index (χ1) is 11.4. The van der Waals surface area contributed by atoms with E-state index in [9.17, 15) is 25.0 Å². The molecule has 1 aromatic heterocycles. The molecule has 0 aliphatic rings. The largest absolute Gasteiger partial charge is 0.514 e. The minimum absolute atomic E-state index is 0.0460. The molecule has 0 saturated carbocycles. The fraction of sp³-hybridized carbons (Fsp3) is 0.182. The summed E-state index contributed by atoms with van der Waals surface area (Å²) >= 11 is 0. The predicted molar refractivity (Wildman–Crippen MR) is 76.1 cm³/mol. The van der Waals surface area contributed by atoms with Gasteiger partial charge in [-0.25, -0.2) is 4.79 Å². The van der Waals surface area contributed by atoms with E-state index in [4.69, 9.17) is 0 Å². The molecular weight excluding hydrogens is 326 g/mol. The van der Waals surface area contributed by atoms with E-state index in [0.717, 1.165) is 10.9 Å². The standard InChI is InChI=1S/C11H9N7O6/c1-7(6-16-13-11(12-15-16)18(22)23)14-24-10(19)8-3-2-4-9(5-8)17(20)21/h2-5H,6H2,1H3. The van der Waals surface area contributed by atoms with Crippen LogP contribution in [0.25, 0.3) is 0 Å². The summed E-state index contributed by atoms with van der Waals surface area (Å²) < 4.78 is 0. The number of carbonyl (C=O) groups is 1. The molecule has 1 heterocycles. The fourth-order valence-corrected chi connectivity index (χ4v) is 1.53. The van der Waals surface area contributed by atoms with Crippen LogP contribution < -0.4 is 0 Å². The molecule has 0 atom stereocenters. The second kappa shape index (κ2) is 6.99. The van der Waals surface area contributed by atoms with Crippen molar-refractivity contribution in [1.29, 1.82) is 0 Å². The number of nitro groups is 2. The normalized spacial score (nSPS) is 11.1. The van der Waals surface area contributed by atoms with Gasteiger partial charge in [0.1, 0.15) is 6.54 Å². The van der Waals surface area contributed by atoms with E-state index in [0.29, 0.717) is 0 Å². The molecule has 0 bridgehead atoms. The summed E-state index contributed by atoms with van der Waals surface area (Å²) in [6.45, 7) is 1.37. The van der Waals surface area contributed by atoms with Crippen molar-refractivity contribution in [1.82, 2.24) is 20.2 Å². The monoisotopic (exact) mass is 335 g/mol. The second-order valence-electron chi connectivity index (χ2n) is 4.39. The van der Waals surface area contributed by atoms with Crippen molar-refractivity contribution in [3.63, 3.8) is 0 Å². The van der Waals surface area contributed by atoms with Gasteiger partial charge in [-0.1, -0.05) is 16.0 Å². The summed E-state index contributed by atoms with van der Waals surface area (Å²) in [6.07, 6.45) is 0. The van der Waals surface area contributed by atoms with E-state index in [1.807, 2.05) is 0 Å². The highest BCUT2D eigenvalue weighted by Gasteiger charge is 2.16. The van der Waals surface area contributed by atoms with Crippen LogP contribution in [-0.4, -0.2) is 41.7 Å². The molecule has 2 rings (SSSR count). The summed E-state index contributed by atoms with van der Waals surface area (Å²) in [6, 6.07) is 4.95. The summed E-state index contributed by atoms with van der Waals surface area (Å²) in [4.78, 5) is 37.0. The molecule has 124 valence electrons. The van der Waals surface area contributed by atoms with Gasteiger partial charge in [-0.2, -0.15) is 0 Å². The van der Waals surface area contributed by atoms with Crippen molar-refractivity contribution >= 4 is 23.3 Å². The average Bonchev–Trinajstić information content (AvgIpc) is 3.01. The Hall–Kier alpha value is -3.77. The number of benzene rings is 1. The van der Waals surface area contributed by atoms with Crippen LogP contribution in [0.4, 0.5) is 11.6 Å². The number of nitro benzene ring substituents is 1. The highest BCUT2D eigenvalue weighted by Crippen LogP contribution is 2.14. The van der Waals surface area contributed by atoms with Gasteiger partial charge < -0.3 is 15.0 Å². The van der Waals surface area contributed by atoms with Crippen molar-refractivity contribution in [2.75, 3.05) is 0 Å². The molecule has 0 aliphatic heterocycles. The van der Waals surface area contributed by atoms with E-state index in [-0.39, 0.29) is 23.5 Å². The molecule has 0 unspecified atom stereocenters. The molecule has 0 radical (unpaired) electrons. The van der Waals surface area contributed by atoms with Crippen molar-refractivity contribution in [2.24, 2.45) is 5.16 Å². The minimum atomic E-state index is -0.893. The molecule has 13 nitrogen and oxygen atoms in total. The van der Waals surface area contributed by atoms with Crippen molar-refractivity contribution < 1.29 is 19.5 Å². The van der Waals surface area contributed by atoms with E-state index in [1.54, 1.807) is 0 Å². The Bertz CT molecular complexity index is 830. The zero-order valence-corrected chi connectivity index (χ0v) is 12.1. The Balaban J connectivity index is 2.00. The van der Waals surface area contributed by atoms with E-state index in [2.05, 4.69) is 25.4 Å². The van der Waals surface area contributed by atoms with Gasteiger partial charge in [-0.3, -0.25) is 10.1 Å². The SMILES string of the molecule is CC(Cn1nnc([N+](=O)[O-])n1)=NOC(=O)c1cccc([N+](=O)[O-])c1. The number of hydrogen-bond acceptors (Lipinski definition) is 10. The Kier molecular flexibility index (Phi) is 4.84. The lowest BCUT2D eigenvalue weighted by Gasteiger charge is -1.99. The number of tetrazole rings is 1. The molecule has 0 fully saturated rings.